The van der Waals surface area contributed by atoms with Crippen molar-refractivity contribution in [2.24, 2.45) is 0 Å². The van der Waals surface area contributed by atoms with Crippen LogP contribution in [0.2, 0.25) is 5.02 Å². The van der Waals surface area contributed by atoms with E-state index in [1.807, 2.05) is 19.1 Å². The number of rotatable bonds is 2. The predicted octanol–water partition coefficient (Wildman–Crippen LogP) is 3.58. The topological polar surface area (TPSA) is 17.1 Å². The largest absolute Gasteiger partial charge is 0.294 e. The van der Waals surface area contributed by atoms with Crippen molar-refractivity contribution in [1.82, 2.24) is 0 Å². The van der Waals surface area contributed by atoms with E-state index in [4.69, 9.17) is 11.6 Å². The SMILES string of the molecule is C/C=C/c1cc(Cl)ccc1C(C)=O. The Kier molecular flexibility index (Phi) is 3.26. The Morgan fingerprint density at radius 2 is 2.15 bits per heavy atom. The fraction of sp³-hybridized carbons (Fsp3) is 0.182. The summed E-state index contributed by atoms with van der Waals surface area (Å²) in [6, 6.07) is 5.27. The Morgan fingerprint density at radius 1 is 1.46 bits per heavy atom. The molecular formula is C11H11ClO. The minimum Gasteiger partial charge on any atom is -0.294 e. The molecule has 0 unspecified atom stereocenters. The number of hydrogen-bond donors (Lipinski definition) is 0. The lowest BCUT2D eigenvalue weighted by molar-refractivity contribution is 0.101. The van der Waals surface area contributed by atoms with Crippen LogP contribution < -0.4 is 0 Å². The van der Waals surface area contributed by atoms with Crippen LogP contribution in [-0.2, 0) is 0 Å². The smallest absolute Gasteiger partial charge is 0.160 e. The summed E-state index contributed by atoms with van der Waals surface area (Å²) in [6.45, 7) is 3.46. The van der Waals surface area contributed by atoms with Crippen LogP contribution in [0.15, 0.2) is 24.3 Å². The van der Waals surface area contributed by atoms with E-state index in [1.165, 1.54) is 0 Å². The maximum Gasteiger partial charge on any atom is 0.160 e. The lowest BCUT2D eigenvalue weighted by Crippen LogP contribution is -1.95. The number of halogens is 1. The van der Waals surface area contributed by atoms with E-state index in [9.17, 15) is 4.79 Å². The van der Waals surface area contributed by atoms with Crippen LogP contribution in [-0.4, -0.2) is 5.78 Å². The molecule has 0 aliphatic rings. The number of Topliss-reactive ketones (excluding diaryl/α,β-unsaturated/α-hetero) is 1. The van der Waals surface area contributed by atoms with Gasteiger partial charge in [0.25, 0.3) is 0 Å². The quantitative estimate of drug-likeness (QED) is 0.658. The van der Waals surface area contributed by atoms with Gasteiger partial charge in [-0.25, -0.2) is 0 Å². The van der Waals surface area contributed by atoms with Crippen molar-refractivity contribution in [2.75, 3.05) is 0 Å². The average molecular weight is 195 g/mol. The second kappa shape index (κ2) is 4.24. The molecule has 0 heterocycles. The summed E-state index contributed by atoms with van der Waals surface area (Å²) in [5, 5.41) is 0.651. The number of benzene rings is 1. The highest BCUT2D eigenvalue weighted by atomic mass is 35.5. The molecule has 0 saturated heterocycles. The van der Waals surface area contributed by atoms with Crippen molar-refractivity contribution < 1.29 is 4.79 Å². The first-order valence-corrected chi connectivity index (χ1v) is 4.46. The molecule has 1 rings (SSSR count). The van der Waals surface area contributed by atoms with Crippen molar-refractivity contribution in [3.63, 3.8) is 0 Å². The van der Waals surface area contributed by atoms with Crippen LogP contribution in [0.4, 0.5) is 0 Å². The lowest BCUT2D eigenvalue weighted by atomic mass is 10.0. The van der Waals surface area contributed by atoms with Crippen molar-refractivity contribution in [3.05, 3.63) is 40.4 Å². The van der Waals surface area contributed by atoms with Crippen LogP contribution in [0.1, 0.15) is 29.8 Å². The van der Waals surface area contributed by atoms with E-state index in [-0.39, 0.29) is 5.78 Å². The molecule has 13 heavy (non-hydrogen) atoms. The van der Waals surface area contributed by atoms with Gasteiger partial charge in [-0.05, 0) is 37.6 Å². The highest BCUT2D eigenvalue weighted by Crippen LogP contribution is 2.17. The molecule has 0 saturated carbocycles. The molecule has 0 aliphatic carbocycles. The zero-order valence-corrected chi connectivity index (χ0v) is 8.43. The second-order valence-corrected chi connectivity index (χ2v) is 3.22. The first kappa shape index (κ1) is 10.0. The Hall–Kier alpha value is -1.08. The third-order valence-corrected chi connectivity index (χ3v) is 1.97. The predicted molar refractivity (Wildman–Crippen MR) is 56.2 cm³/mol. The van der Waals surface area contributed by atoms with E-state index < -0.39 is 0 Å². The van der Waals surface area contributed by atoms with Crippen LogP contribution in [0.5, 0.6) is 0 Å². The van der Waals surface area contributed by atoms with Crippen molar-refractivity contribution in [1.29, 1.82) is 0 Å². The van der Waals surface area contributed by atoms with E-state index in [0.717, 1.165) is 5.56 Å². The van der Waals surface area contributed by atoms with Crippen LogP contribution >= 0.6 is 11.6 Å². The first-order chi connectivity index (χ1) is 6.15. The lowest BCUT2D eigenvalue weighted by Gasteiger charge is -2.01. The Morgan fingerprint density at radius 3 is 2.69 bits per heavy atom. The van der Waals surface area contributed by atoms with Gasteiger partial charge in [0.05, 0.1) is 0 Å². The summed E-state index contributed by atoms with van der Waals surface area (Å²) in [7, 11) is 0. The number of hydrogen-bond acceptors (Lipinski definition) is 1. The second-order valence-electron chi connectivity index (χ2n) is 2.79. The summed E-state index contributed by atoms with van der Waals surface area (Å²) < 4.78 is 0. The van der Waals surface area contributed by atoms with Gasteiger partial charge in [0.1, 0.15) is 0 Å². The Bertz CT molecular complexity index is 353. The van der Waals surface area contributed by atoms with E-state index in [0.29, 0.717) is 10.6 Å². The van der Waals surface area contributed by atoms with Gasteiger partial charge in [0.2, 0.25) is 0 Å². The van der Waals surface area contributed by atoms with E-state index in [1.54, 1.807) is 25.1 Å². The summed E-state index contributed by atoms with van der Waals surface area (Å²) >= 11 is 5.81. The zero-order chi connectivity index (χ0) is 9.84. The van der Waals surface area contributed by atoms with Crippen LogP contribution in [0.3, 0.4) is 0 Å². The molecule has 1 nitrogen and oxygen atoms in total. The highest BCUT2D eigenvalue weighted by Gasteiger charge is 2.04. The molecule has 2 heteroatoms. The molecule has 0 radical (unpaired) electrons. The Labute approximate surface area is 83.0 Å². The monoisotopic (exact) mass is 194 g/mol. The summed E-state index contributed by atoms with van der Waals surface area (Å²) in [6.07, 6.45) is 3.76. The molecule has 1 aromatic rings. The highest BCUT2D eigenvalue weighted by molar-refractivity contribution is 6.30. The summed E-state index contributed by atoms with van der Waals surface area (Å²) in [5.41, 5.74) is 1.59. The number of ketones is 1. The molecule has 0 amide bonds. The van der Waals surface area contributed by atoms with Gasteiger partial charge in [0, 0.05) is 10.6 Å². The fourth-order valence-corrected chi connectivity index (χ4v) is 1.35. The maximum absolute atomic E-state index is 11.2. The molecule has 1 aromatic carbocycles. The van der Waals surface area contributed by atoms with Gasteiger partial charge < -0.3 is 0 Å². The van der Waals surface area contributed by atoms with E-state index >= 15 is 0 Å². The van der Waals surface area contributed by atoms with Crippen molar-refractivity contribution in [3.8, 4) is 0 Å². The molecule has 0 fully saturated rings. The van der Waals surface area contributed by atoms with Gasteiger partial charge in [-0.15, -0.1) is 0 Å². The molecular weight excluding hydrogens is 184 g/mol. The normalized spacial score (nSPS) is 10.7. The van der Waals surface area contributed by atoms with Crippen molar-refractivity contribution in [2.45, 2.75) is 13.8 Å². The number of carbonyl (C=O) groups excluding carboxylic acids is 1. The van der Waals surface area contributed by atoms with Gasteiger partial charge in [-0.1, -0.05) is 23.8 Å². The minimum absolute atomic E-state index is 0.0600. The zero-order valence-electron chi connectivity index (χ0n) is 7.67. The number of allylic oxidation sites excluding steroid dienone is 1. The third-order valence-electron chi connectivity index (χ3n) is 1.74. The molecule has 0 atom stereocenters. The van der Waals surface area contributed by atoms with E-state index in [2.05, 4.69) is 0 Å². The van der Waals surface area contributed by atoms with Crippen LogP contribution in [0.25, 0.3) is 6.08 Å². The van der Waals surface area contributed by atoms with Crippen molar-refractivity contribution >= 4 is 23.5 Å². The van der Waals surface area contributed by atoms with Gasteiger partial charge in [-0.3, -0.25) is 4.79 Å². The average Bonchev–Trinajstić information content (AvgIpc) is 2.04. The fourth-order valence-electron chi connectivity index (χ4n) is 1.17. The molecule has 0 bridgehead atoms. The van der Waals surface area contributed by atoms with Gasteiger partial charge >= 0.3 is 0 Å². The molecule has 0 aliphatic heterocycles. The molecule has 0 aromatic heterocycles. The molecule has 0 spiro atoms. The number of carbonyl (C=O) groups is 1. The molecule has 0 N–H and O–H groups in total. The van der Waals surface area contributed by atoms with Gasteiger partial charge in [-0.2, -0.15) is 0 Å². The summed E-state index contributed by atoms with van der Waals surface area (Å²) in [4.78, 5) is 11.2. The third kappa shape index (κ3) is 2.43. The Balaban J connectivity index is 3.26. The standard InChI is InChI=1S/C11H11ClO/c1-3-4-9-7-10(12)5-6-11(9)8(2)13/h3-7H,1-2H3/b4-3+. The first-order valence-electron chi connectivity index (χ1n) is 4.08. The maximum atomic E-state index is 11.2. The molecule has 68 valence electrons. The minimum atomic E-state index is 0.0600. The van der Waals surface area contributed by atoms with Gasteiger partial charge in [0.15, 0.2) is 5.78 Å². The van der Waals surface area contributed by atoms with Crippen LogP contribution in [0, 0.1) is 0 Å². The summed E-state index contributed by atoms with van der Waals surface area (Å²) in [5.74, 6) is 0.0600.